The summed E-state index contributed by atoms with van der Waals surface area (Å²) in [7, 11) is 0. The summed E-state index contributed by atoms with van der Waals surface area (Å²) in [5.74, 6) is 0. The first-order chi connectivity index (χ1) is 7.59. The molecule has 6 heteroatoms. The number of hydrogen-bond donors (Lipinski definition) is 0. The van der Waals surface area contributed by atoms with Crippen LogP contribution in [0.25, 0.3) is 0 Å². The quantitative estimate of drug-likeness (QED) is 0.564. The Morgan fingerprint density at radius 2 is 2.00 bits per heavy atom. The highest BCUT2D eigenvalue weighted by Crippen LogP contribution is 2.26. The summed E-state index contributed by atoms with van der Waals surface area (Å²) in [4.78, 5) is 22.5. The van der Waals surface area contributed by atoms with Crippen LogP contribution in [0.4, 0.5) is 16.2 Å². The second-order valence-electron chi connectivity index (χ2n) is 3.23. The second kappa shape index (κ2) is 3.65. The van der Waals surface area contributed by atoms with Crippen LogP contribution in [0.1, 0.15) is 0 Å². The van der Waals surface area contributed by atoms with Crippen LogP contribution in [0.5, 0.6) is 0 Å². The van der Waals surface area contributed by atoms with Crippen LogP contribution >= 0.6 is 0 Å². The SMILES string of the molecule is C=C1COC(=O)N1c1ccc([N+](=O)[O-])cc1. The number of ether oxygens (including phenoxy) is 1. The highest BCUT2D eigenvalue weighted by molar-refractivity contribution is 5.93. The number of carbonyl (C=O) groups excluding carboxylic acids is 1. The van der Waals surface area contributed by atoms with Gasteiger partial charge in [-0.05, 0) is 12.1 Å². The summed E-state index contributed by atoms with van der Waals surface area (Å²) in [5, 5.41) is 10.4. The van der Waals surface area contributed by atoms with Gasteiger partial charge in [-0.1, -0.05) is 6.58 Å². The molecule has 0 aromatic heterocycles. The van der Waals surface area contributed by atoms with Crippen molar-refractivity contribution in [3.8, 4) is 0 Å². The van der Waals surface area contributed by atoms with Crippen molar-refractivity contribution in [3.05, 3.63) is 46.7 Å². The van der Waals surface area contributed by atoms with E-state index >= 15 is 0 Å². The summed E-state index contributed by atoms with van der Waals surface area (Å²) in [6.45, 7) is 3.81. The molecule has 0 radical (unpaired) electrons. The van der Waals surface area contributed by atoms with E-state index in [1.165, 1.54) is 29.2 Å². The van der Waals surface area contributed by atoms with Gasteiger partial charge in [0.15, 0.2) is 0 Å². The molecule has 1 aliphatic rings. The fourth-order valence-corrected chi connectivity index (χ4v) is 1.41. The van der Waals surface area contributed by atoms with Crippen LogP contribution in [-0.2, 0) is 4.74 Å². The van der Waals surface area contributed by atoms with Crippen molar-refractivity contribution in [2.24, 2.45) is 0 Å². The van der Waals surface area contributed by atoms with E-state index < -0.39 is 11.0 Å². The number of nitro benzene ring substituents is 1. The van der Waals surface area contributed by atoms with E-state index in [4.69, 9.17) is 4.74 Å². The molecule has 0 N–H and O–H groups in total. The van der Waals surface area contributed by atoms with E-state index in [0.717, 1.165) is 0 Å². The molecule has 0 saturated carbocycles. The Hall–Kier alpha value is -2.37. The average Bonchev–Trinajstić information content (AvgIpc) is 2.59. The average molecular weight is 220 g/mol. The van der Waals surface area contributed by atoms with Crippen LogP contribution in [0.15, 0.2) is 36.5 Å². The minimum atomic E-state index is -0.515. The van der Waals surface area contributed by atoms with Crippen molar-refractivity contribution in [1.29, 1.82) is 0 Å². The molecule has 16 heavy (non-hydrogen) atoms. The Balaban J connectivity index is 2.31. The lowest BCUT2D eigenvalue weighted by molar-refractivity contribution is -0.384. The minimum Gasteiger partial charge on any atom is -0.442 e. The normalized spacial score (nSPS) is 15.1. The molecular formula is C10H8N2O4. The highest BCUT2D eigenvalue weighted by atomic mass is 16.6. The van der Waals surface area contributed by atoms with Gasteiger partial charge in [-0.25, -0.2) is 9.69 Å². The van der Waals surface area contributed by atoms with Gasteiger partial charge in [0.05, 0.1) is 16.3 Å². The summed E-state index contributed by atoms with van der Waals surface area (Å²) in [6, 6.07) is 5.62. The lowest BCUT2D eigenvalue weighted by Crippen LogP contribution is -2.21. The monoisotopic (exact) mass is 220 g/mol. The topological polar surface area (TPSA) is 72.7 Å². The maximum Gasteiger partial charge on any atom is 0.419 e. The van der Waals surface area contributed by atoms with Crippen molar-refractivity contribution in [3.63, 3.8) is 0 Å². The Labute approximate surface area is 90.9 Å². The second-order valence-corrected chi connectivity index (χ2v) is 3.23. The molecule has 0 spiro atoms. The summed E-state index contributed by atoms with van der Waals surface area (Å²) in [5.41, 5.74) is 0.999. The third-order valence-electron chi connectivity index (χ3n) is 2.18. The van der Waals surface area contributed by atoms with E-state index in [1.54, 1.807) is 0 Å². The number of hydrogen-bond acceptors (Lipinski definition) is 4. The van der Waals surface area contributed by atoms with Gasteiger partial charge in [0.25, 0.3) is 5.69 Å². The van der Waals surface area contributed by atoms with Crippen LogP contribution in [-0.4, -0.2) is 17.6 Å². The third-order valence-corrected chi connectivity index (χ3v) is 2.18. The van der Waals surface area contributed by atoms with E-state index in [2.05, 4.69) is 6.58 Å². The van der Waals surface area contributed by atoms with Crippen molar-refractivity contribution < 1.29 is 14.5 Å². The summed E-state index contributed by atoms with van der Waals surface area (Å²) < 4.78 is 4.76. The van der Waals surface area contributed by atoms with E-state index in [0.29, 0.717) is 11.4 Å². The Bertz CT molecular complexity index is 450. The largest absolute Gasteiger partial charge is 0.442 e. The zero-order chi connectivity index (χ0) is 11.7. The number of nitrogens with zero attached hydrogens (tertiary/aromatic N) is 2. The van der Waals surface area contributed by atoms with Crippen molar-refractivity contribution in [2.75, 3.05) is 11.5 Å². The lowest BCUT2D eigenvalue weighted by atomic mass is 10.2. The van der Waals surface area contributed by atoms with Gasteiger partial charge in [0, 0.05) is 12.1 Å². The molecular weight excluding hydrogens is 212 g/mol. The summed E-state index contributed by atoms with van der Waals surface area (Å²) >= 11 is 0. The van der Waals surface area contributed by atoms with Gasteiger partial charge < -0.3 is 4.74 Å². The molecule has 0 unspecified atom stereocenters. The van der Waals surface area contributed by atoms with Gasteiger partial charge in [0.2, 0.25) is 0 Å². The van der Waals surface area contributed by atoms with Gasteiger partial charge in [-0.15, -0.1) is 0 Å². The first-order valence-corrected chi connectivity index (χ1v) is 4.48. The molecule has 1 aliphatic heterocycles. The van der Waals surface area contributed by atoms with Gasteiger partial charge in [-0.3, -0.25) is 10.1 Å². The molecule has 0 atom stereocenters. The van der Waals surface area contributed by atoms with Crippen LogP contribution in [0.2, 0.25) is 0 Å². The van der Waals surface area contributed by atoms with E-state index in [-0.39, 0.29) is 12.3 Å². The number of rotatable bonds is 2. The predicted molar refractivity (Wildman–Crippen MR) is 56.1 cm³/mol. The maximum absolute atomic E-state index is 11.3. The van der Waals surface area contributed by atoms with E-state index in [9.17, 15) is 14.9 Å². The Morgan fingerprint density at radius 3 is 2.44 bits per heavy atom. The number of carbonyl (C=O) groups is 1. The van der Waals surface area contributed by atoms with E-state index in [1.807, 2.05) is 0 Å². The van der Waals surface area contributed by atoms with Gasteiger partial charge in [-0.2, -0.15) is 0 Å². The zero-order valence-electron chi connectivity index (χ0n) is 8.25. The minimum absolute atomic E-state index is 0.0260. The maximum atomic E-state index is 11.3. The fourth-order valence-electron chi connectivity index (χ4n) is 1.41. The molecule has 1 amide bonds. The number of cyclic esters (lactones) is 1. The molecule has 6 nitrogen and oxygen atoms in total. The molecule has 82 valence electrons. The third kappa shape index (κ3) is 1.60. The first-order valence-electron chi connectivity index (χ1n) is 4.48. The molecule has 0 aliphatic carbocycles. The Morgan fingerprint density at radius 1 is 1.38 bits per heavy atom. The number of anilines is 1. The highest BCUT2D eigenvalue weighted by Gasteiger charge is 2.27. The number of benzene rings is 1. The first kappa shape index (κ1) is 10.2. The number of non-ortho nitro benzene ring substituents is 1. The molecule has 1 saturated heterocycles. The van der Waals surface area contributed by atoms with Crippen molar-refractivity contribution >= 4 is 17.5 Å². The van der Waals surface area contributed by atoms with Crippen molar-refractivity contribution in [2.45, 2.75) is 0 Å². The zero-order valence-corrected chi connectivity index (χ0v) is 8.25. The molecule has 0 bridgehead atoms. The number of nitro groups is 1. The van der Waals surface area contributed by atoms with Gasteiger partial charge in [0.1, 0.15) is 6.61 Å². The van der Waals surface area contributed by atoms with Crippen LogP contribution in [0, 0.1) is 10.1 Å². The molecule has 1 heterocycles. The lowest BCUT2D eigenvalue weighted by Gasteiger charge is -2.12. The van der Waals surface area contributed by atoms with Crippen LogP contribution < -0.4 is 4.90 Å². The molecule has 1 aromatic rings. The smallest absolute Gasteiger partial charge is 0.419 e. The standard InChI is InChI=1S/C10H8N2O4/c1-7-6-16-10(13)11(7)8-2-4-9(5-3-8)12(14)15/h2-5H,1,6H2. The predicted octanol–water partition coefficient (Wildman–Crippen LogP) is 2.07. The summed E-state index contributed by atoms with van der Waals surface area (Å²) in [6.07, 6.45) is -0.515. The van der Waals surface area contributed by atoms with Crippen LogP contribution in [0.3, 0.4) is 0 Å². The molecule has 2 rings (SSSR count). The molecule has 1 fully saturated rings. The number of amides is 1. The molecule has 1 aromatic carbocycles. The Kier molecular flexibility index (Phi) is 2.32. The van der Waals surface area contributed by atoms with Gasteiger partial charge >= 0.3 is 6.09 Å². The van der Waals surface area contributed by atoms with Crippen molar-refractivity contribution in [1.82, 2.24) is 0 Å². The fraction of sp³-hybridized carbons (Fsp3) is 0.100.